The van der Waals surface area contributed by atoms with Gasteiger partial charge in [-0.05, 0) is 23.6 Å². The Morgan fingerprint density at radius 3 is 2.58 bits per heavy atom. The van der Waals surface area contributed by atoms with Crippen LogP contribution in [0, 0.1) is 5.92 Å². The summed E-state index contributed by atoms with van der Waals surface area (Å²) in [4.78, 5) is 12.3. The Hall–Kier alpha value is -2.67. The number of fused-ring (bicyclic) bond motifs is 1. The van der Waals surface area contributed by atoms with Gasteiger partial charge in [-0.1, -0.05) is 49.4 Å². The second-order valence-electron chi connectivity index (χ2n) is 6.41. The first-order valence-corrected chi connectivity index (χ1v) is 9.88. The van der Waals surface area contributed by atoms with Crippen molar-refractivity contribution in [2.45, 2.75) is 31.2 Å². The van der Waals surface area contributed by atoms with Crippen molar-refractivity contribution >= 4 is 27.5 Å². The predicted octanol–water partition coefficient (Wildman–Crippen LogP) is 2.93. The number of nitrogens with zero attached hydrogens (tertiary/aromatic N) is 1. The van der Waals surface area contributed by atoms with Gasteiger partial charge in [-0.3, -0.25) is 4.79 Å². The first kappa shape index (κ1) is 18.1. The lowest BCUT2D eigenvalue weighted by Crippen LogP contribution is -2.27. The van der Waals surface area contributed by atoms with Crippen LogP contribution in [0.15, 0.2) is 63.9 Å². The molecule has 2 N–H and O–H groups in total. The van der Waals surface area contributed by atoms with Gasteiger partial charge >= 0.3 is 0 Å². The normalized spacial score (nSPS) is 16.0. The topological polar surface area (TPSA) is 87.6 Å². The highest BCUT2D eigenvalue weighted by Gasteiger charge is 2.25. The molecule has 6 nitrogen and oxygen atoms in total. The van der Waals surface area contributed by atoms with Crippen LogP contribution in [0.25, 0.3) is 0 Å². The molecule has 0 saturated carbocycles. The zero-order valence-corrected chi connectivity index (χ0v) is 15.3. The summed E-state index contributed by atoms with van der Waals surface area (Å²) in [5, 5.41) is 5.94. The average Bonchev–Trinajstić information content (AvgIpc) is 2.60. The van der Waals surface area contributed by atoms with E-state index in [4.69, 9.17) is 0 Å². The molecule has 7 heteroatoms. The molecule has 1 aliphatic heterocycles. The fraction of sp³-hybridized carbons (Fsp3) is 0.263. The number of sulfonamides is 1. The van der Waals surface area contributed by atoms with Gasteiger partial charge in [0.2, 0.25) is 5.91 Å². The average molecular weight is 371 g/mol. The van der Waals surface area contributed by atoms with Crippen LogP contribution in [0.3, 0.4) is 0 Å². The second-order valence-corrected chi connectivity index (χ2v) is 7.98. The Morgan fingerprint density at radius 2 is 1.81 bits per heavy atom. The molecule has 1 heterocycles. The van der Waals surface area contributed by atoms with Gasteiger partial charge in [0.1, 0.15) is 10.7 Å². The number of nitrogens with one attached hydrogen (secondary N) is 2. The van der Waals surface area contributed by atoms with Gasteiger partial charge in [0.05, 0.1) is 5.69 Å². The van der Waals surface area contributed by atoms with E-state index in [1.54, 1.807) is 18.2 Å². The zero-order valence-electron chi connectivity index (χ0n) is 14.5. The Kier molecular flexibility index (Phi) is 5.37. The molecule has 1 amide bonds. The molecule has 0 radical (unpaired) electrons. The Bertz CT molecular complexity index is 924. The number of amidine groups is 1. The SMILES string of the molecule is CC(CC(=O)NCc1ccccc1)CC1=NS(=O)(=O)c2ccccc2N1. The number of carbonyl (C=O) groups is 1. The molecule has 0 spiro atoms. The highest BCUT2D eigenvalue weighted by atomic mass is 32.2. The molecule has 2 aromatic carbocycles. The molecule has 1 unspecified atom stereocenters. The molecule has 0 bridgehead atoms. The van der Waals surface area contributed by atoms with Gasteiger partial charge < -0.3 is 10.6 Å². The summed E-state index contributed by atoms with van der Waals surface area (Å²) in [5.74, 6) is 0.255. The summed E-state index contributed by atoms with van der Waals surface area (Å²) in [6.45, 7) is 2.38. The van der Waals surface area contributed by atoms with Crippen LogP contribution in [0.1, 0.15) is 25.3 Å². The van der Waals surface area contributed by atoms with E-state index in [1.807, 2.05) is 37.3 Å². The maximum atomic E-state index is 12.2. The summed E-state index contributed by atoms with van der Waals surface area (Å²) in [6, 6.07) is 16.3. The maximum Gasteiger partial charge on any atom is 0.286 e. The molecule has 0 aliphatic carbocycles. The van der Waals surface area contributed by atoms with Crippen LogP contribution in [-0.2, 0) is 21.4 Å². The molecular weight excluding hydrogens is 350 g/mol. The lowest BCUT2D eigenvalue weighted by molar-refractivity contribution is -0.122. The minimum atomic E-state index is -3.69. The van der Waals surface area contributed by atoms with E-state index in [9.17, 15) is 13.2 Å². The van der Waals surface area contributed by atoms with Crippen molar-refractivity contribution in [3.63, 3.8) is 0 Å². The minimum Gasteiger partial charge on any atom is -0.352 e. The van der Waals surface area contributed by atoms with Crippen molar-refractivity contribution in [3.8, 4) is 0 Å². The minimum absolute atomic E-state index is 0.0440. The smallest absolute Gasteiger partial charge is 0.286 e. The van der Waals surface area contributed by atoms with Gasteiger partial charge in [0.15, 0.2) is 0 Å². The van der Waals surface area contributed by atoms with Crippen LogP contribution in [0.5, 0.6) is 0 Å². The molecule has 3 rings (SSSR count). The molecule has 26 heavy (non-hydrogen) atoms. The van der Waals surface area contributed by atoms with E-state index < -0.39 is 10.0 Å². The third-order valence-electron chi connectivity index (χ3n) is 4.08. The van der Waals surface area contributed by atoms with E-state index in [2.05, 4.69) is 15.0 Å². The third-order valence-corrected chi connectivity index (χ3v) is 5.46. The molecule has 1 atom stereocenters. The number of para-hydroxylation sites is 1. The van der Waals surface area contributed by atoms with E-state index in [0.29, 0.717) is 30.9 Å². The lowest BCUT2D eigenvalue weighted by Gasteiger charge is -2.20. The van der Waals surface area contributed by atoms with Crippen LogP contribution >= 0.6 is 0 Å². The number of amides is 1. The van der Waals surface area contributed by atoms with E-state index in [-0.39, 0.29) is 16.7 Å². The summed E-state index contributed by atoms with van der Waals surface area (Å²) in [6.07, 6.45) is 0.682. The van der Waals surface area contributed by atoms with Gasteiger partial charge in [-0.15, -0.1) is 4.40 Å². The van der Waals surface area contributed by atoms with Gasteiger partial charge in [-0.25, -0.2) is 0 Å². The number of anilines is 1. The van der Waals surface area contributed by atoms with Crippen molar-refractivity contribution in [1.82, 2.24) is 5.32 Å². The molecule has 136 valence electrons. The van der Waals surface area contributed by atoms with Crippen LogP contribution in [0.4, 0.5) is 5.69 Å². The molecule has 0 saturated heterocycles. The van der Waals surface area contributed by atoms with Gasteiger partial charge in [-0.2, -0.15) is 8.42 Å². The van der Waals surface area contributed by atoms with Crippen LogP contribution < -0.4 is 10.6 Å². The van der Waals surface area contributed by atoms with E-state index in [0.717, 1.165) is 5.56 Å². The molecular formula is C19H21N3O3S. The second kappa shape index (κ2) is 7.70. The quantitative estimate of drug-likeness (QED) is 0.817. The number of hydrogen-bond acceptors (Lipinski definition) is 4. The highest BCUT2D eigenvalue weighted by Crippen LogP contribution is 2.28. The van der Waals surface area contributed by atoms with Crippen molar-refractivity contribution in [3.05, 3.63) is 60.2 Å². The zero-order chi connectivity index (χ0) is 18.6. The standard InChI is InChI=1S/C19H21N3O3S/c1-14(12-19(23)20-13-15-7-3-2-4-8-15)11-18-21-16-9-5-6-10-17(16)26(24,25)22-18/h2-10,14H,11-13H2,1H3,(H,20,23)(H,21,22). The fourth-order valence-electron chi connectivity index (χ4n) is 2.84. The van der Waals surface area contributed by atoms with Gasteiger partial charge in [0.25, 0.3) is 10.0 Å². The number of benzene rings is 2. The third kappa shape index (κ3) is 4.49. The lowest BCUT2D eigenvalue weighted by atomic mass is 10.0. The molecule has 1 aliphatic rings. The van der Waals surface area contributed by atoms with Crippen LogP contribution in [0.2, 0.25) is 0 Å². The number of hydrogen-bond donors (Lipinski definition) is 2. The largest absolute Gasteiger partial charge is 0.352 e. The fourth-order valence-corrected chi connectivity index (χ4v) is 4.00. The number of carbonyl (C=O) groups excluding carboxylic acids is 1. The Labute approximate surface area is 153 Å². The van der Waals surface area contributed by atoms with Crippen molar-refractivity contribution < 1.29 is 13.2 Å². The summed E-state index contributed by atoms with van der Waals surface area (Å²) >= 11 is 0. The summed E-state index contributed by atoms with van der Waals surface area (Å²) in [7, 11) is -3.69. The first-order chi connectivity index (χ1) is 12.4. The summed E-state index contributed by atoms with van der Waals surface area (Å²) < 4.78 is 28.3. The van der Waals surface area contributed by atoms with Crippen molar-refractivity contribution in [2.75, 3.05) is 5.32 Å². The molecule has 2 aromatic rings. The number of rotatable bonds is 6. The predicted molar refractivity (Wildman–Crippen MR) is 101 cm³/mol. The van der Waals surface area contributed by atoms with Crippen LogP contribution in [-0.4, -0.2) is 20.2 Å². The maximum absolute atomic E-state index is 12.2. The summed E-state index contributed by atoms with van der Waals surface area (Å²) in [5.41, 5.74) is 1.56. The van der Waals surface area contributed by atoms with Gasteiger partial charge in [0, 0.05) is 19.4 Å². The van der Waals surface area contributed by atoms with Crippen molar-refractivity contribution in [1.29, 1.82) is 0 Å². The van der Waals surface area contributed by atoms with E-state index in [1.165, 1.54) is 6.07 Å². The molecule has 0 fully saturated rings. The highest BCUT2D eigenvalue weighted by molar-refractivity contribution is 7.90. The molecule has 0 aromatic heterocycles. The Morgan fingerprint density at radius 1 is 1.12 bits per heavy atom. The Balaban J connectivity index is 1.56. The first-order valence-electron chi connectivity index (χ1n) is 8.44. The van der Waals surface area contributed by atoms with E-state index >= 15 is 0 Å². The van der Waals surface area contributed by atoms with Crippen molar-refractivity contribution in [2.24, 2.45) is 10.3 Å². The monoisotopic (exact) mass is 371 g/mol.